The number of pyridine rings is 1. The number of fused-ring (bicyclic) bond motifs is 1. The number of thiazole rings is 1. The van der Waals surface area contributed by atoms with E-state index < -0.39 is 0 Å². The van der Waals surface area contributed by atoms with Gasteiger partial charge >= 0.3 is 6.03 Å². The average Bonchev–Trinajstić information content (AvgIpc) is 3.17. The molecule has 4 rings (SSSR count). The van der Waals surface area contributed by atoms with Gasteiger partial charge in [0.15, 0.2) is 0 Å². The lowest BCUT2D eigenvalue weighted by molar-refractivity contribution is 0.250. The molecular formula is C23H22N4OS. The quantitative estimate of drug-likeness (QED) is 0.448. The minimum Gasteiger partial charge on any atom is -0.325 e. The van der Waals surface area contributed by atoms with Crippen LogP contribution in [-0.2, 0) is 0 Å². The fraction of sp³-hybridized carbons (Fsp3) is 0.174. The SMILES string of the molecule is CC(C)c1nc2ccc(NC(=O)NC(c3ccccc3)c3ccccn3)cc2s1. The molecule has 29 heavy (non-hydrogen) atoms. The number of rotatable bonds is 5. The van der Waals surface area contributed by atoms with Crippen molar-refractivity contribution in [1.82, 2.24) is 15.3 Å². The van der Waals surface area contributed by atoms with Gasteiger partial charge in [0.2, 0.25) is 0 Å². The van der Waals surface area contributed by atoms with Gasteiger partial charge in [0.25, 0.3) is 0 Å². The number of hydrogen-bond acceptors (Lipinski definition) is 4. The Morgan fingerprint density at radius 3 is 2.52 bits per heavy atom. The summed E-state index contributed by atoms with van der Waals surface area (Å²) in [6.45, 7) is 4.26. The third-order valence-electron chi connectivity index (χ3n) is 4.55. The summed E-state index contributed by atoms with van der Waals surface area (Å²) in [6, 6.07) is 20.7. The van der Waals surface area contributed by atoms with E-state index in [0.29, 0.717) is 5.92 Å². The topological polar surface area (TPSA) is 66.9 Å². The molecule has 0 spiro atoms. The van der Waals surface area contributed by atoms with Crippen molar-refractivity contribution in [3.05, 3.63) is 89.2 Å². The van der Waals surface area contributed by atoms with Crippen molar-refractivity contribution in [3.63, 3.8) is 0 Å². The van der Waals surface area contributed by atoms with E-state index in [1.165, 1.54) is 0 Å². The largest absolute Gasteiger partial charge is 0.325 e. The Kier molecular flexibility index (Phi) is 5.53. The smallest absolute Gasteiger partial charge is 0.320 e. The highest BCUT2D eigenvalue weighted by Gasteiger charge is 2.18. The summed E-state index contributed by atoms with van der Waals surface area (Å²) in [5, 5.41) is 7.09. The normalized spacial score (nSPS) is 12.1. The van der Waals surface area contributed by atoms with Gasteiger partial charge in [-0.25, -0.2) is 9.78 Å². The first kappa shape index (κ1) is 19.1. The molecule has 2 aromatic heterocycles. The van der Waals surface area contributed by atoms with Crippen LogP contribution < -0.4 is 10.6 Å². The molecule has 4 aromatic rings. The fourth-order valence-corrected chi connectivity index (χ4v) is 4.09. The van der Waals surface area contributed by atoms with Gasteiger partial charge in [-0.3, -0.25) is 4.98 Å². The van der Waals surface area contributed by atoms with Crippen LogP contribution >= 0.6 is 11.3 Å². The molecule has 2 amide bonds. The number of amides is 2. The van der Waals surface area contributed by atoms with Crippen LogP contribution in [-0.4, -0.2) is 16.0 Å². The molecule has 1 atom stereocenters. The zero-order chi connectivity index (χ0) is 20.2. The highest BCUT2D eigenvalue weighted by Crippen LogP contribution is 2.29. The van der Waals surface area contributed by atoms with E-state index in [1.54, 1.807) is 17.5 Å². The second-order valence-corrected chi connectivity index (χ2v) is 8.15. The van der Waals surface area contributed by atoms with Crippen molar-refractivity contribution in [1.29, 1.82) is 0 Å². The molecule has 6 heteroatoms. The van der Waals surface area contributed by atoms with E-state index in [-0.39, 0.29) is 12.1 Å². The number of benzene rings is 2. The highest BCUT2D eigenvalue weighted by atomic mass is 32.1. The van der Waals surface area contributed by atoms with Crippen molar-refractivity contribution in [2.75, 3.05) is 5.32 Å². The van der Waals surface area contributed by atoms with Crippen LogP contribution in [0.15, 0.2) is 72.9 Å². The molecule has 0 radical (unpaired) electrons. The number of urea groups is 1. The molecule has 0 saturated carbocycles. The van der Waals surface area contributed by atoms with Crippen molar-refractivity contribution >= 4 is 33.3 Å². The second kappa shape index (κ2) is 8.41. The van der Waals surface area contributed by atoms with Gasteiger partial charge in [0.1, 0.15) is 0 Å². The van der Waals surface area contributed by atoms with Gasteiger partial charge < -0.3 is 10.6 Å². The maximum absolute atomic E-state index is 12.8. The molecular weight excluding hydrogens is 380 g/mol. The van der Waals surface area contributed by atoms with Crippen LogP contribution in [0.3, 0.4) is 0 Å². The molecule has 2 aromatic carbocycles. The zero-order valence-electron chi connectivity index (χ0n) is 16.3. The summed E-state index contributed by atoms with van der Waals surface area (Å²) in [5.41, 5.74) is 3.45. The lowest BCUT2D eigenvalue weighted by atomic mass is 10.0. The summed E-state index contributed by atoms with van der Waals surface area (Å²) in [7, 11) is 0. The molecule has 146 valence electrons. The summed E-state index contributed by atoms with van der Waals surface area (Å²) < 4.78 is 1.07. The number of aromatic nitrogens is 2. The van der Waals surface area contributed by atoms with Crippen LogP contribution in [0.5, 0.6) is 0 Å². The predicted molar refractivity (Wildman–Crippen MR) is 118 cm³/mol. The van der Waals surface area contributed by atoms with Crippen LogP contribution in [0.25, 0.3) is 10.2 Å². The Hall–Kier alpha value is -3.25. The molecule has 2 N–H and O–H groups in total. The highest BCUT2D eigenvalue weighted by molar-refractivity contribution is 7.18. The number of hydrogen-bond donors (Lipinski definition) is 2. The van der Waals surface area contributed by atoms with Gasteiger partial charge in [-0.2, -0.15) is 0 Å². The van der Waals surface area contributed by atoms with Gasteiger partial charge in [-0.1, -0.05) is 50.2 Å². The summed E-state index contributed by atoms with van der Waals surface area (Å²) in [5.74, 6) is 0.386. The number of anilines is 1. The summed E-state index contributed by atoms with van der Waals surface area (Å²) in [4.78, 5) is 21.8. The fourth-order valence-electron chi connectivity index (χ4n) is 3.09. The van der Waals surface area contributed by atoms with Gasteiger partial charge in [0.05, 0.1) is 27.0 Å². The molecule has 5 nitrogen and oxygen atoms in total. The number of nitrogens with one attached hydrogen (secondary N) is 2. The molecule has 0 aliphatic carbocycles. The number of nitrogens with zero attached hydrogens (tertiary/aromatic N) is 2. The van der Waals surface area contributed by atoms with Crippen LogP contribution in [0.4, 0.5) is 10.5 Å². The zero-order valence-corrected chi connectivity index (χ0v) is 17.1. The van der Waals surface area contributed by atoms with E-state index in [0.717, 1.165) is 32.2 Å². The number of carbonyl (C=O) groups excluding carboxylic acids is 1. The lowest BCUT2D eigenvalue weighted by Gasteiger charge is -2.19. The molecule has 0 fully saturated rings. The lowest BCUT2D eigenvalue weighted by Crippen LogP contribution is -2.33. The monoisotopic (exact) mass is 402 g/mol. The third kappa shape index (κ3) is 4.43. The van der Waals surface area contributed by atoms with Crippen LogP contribution in [0.2, 0.25) is 0 Å². The molecule has 0 saturated heterocycles. The molecule has 0 aliphatic heterocycles. The molecule has 0 aliphatic rings. The maximum Gasteiger partial charge on any atom is 0.320 e. The maximum atomic E-state index is 12.8. The second-order valence-electron chi connectivity index (χ2n) is 7.09. The standard InChI is InChI=1S/C23H22N4OS/c1-15(2)22-26-18-12-11-17(14-20(18)29-22)25-23(28)27-21(16-8-4-3-5-9-16)19-10-6-7-13-24-19/h3-15,21H,1-2H3,(H2,25,27,28). The van der Waals surface area contributed by atoms with Gasteiger partial charge in [-0.15, -0.1) is 11.3 Å². The van der Waals surface area contributed by atoms with Crippen LogP contribution in [0.1, 0.15) is 42.1 Å². The third-order valence-corrected chi connectivity index (χ3v) is 5.87. The van der Waals surface area contributed by atoms with E-state index in [2.05, 4.69) is 34.4 Å². The van der Waals surface area contributed by atoms with Crippen LogP contribution in [0, 0.1) is 0 Å². The predicted octanol–water partition coefficient (Wildman–Crippen LogP) is 5.73. The van der Waals surface area contributed by atoms with E-state index in [4.69, 9.17) is 0 Å². The van der Waals surface area contributed by atoms with Crippen molar-refractivity contribution in [3.8, 4) is 0 Å². The minimum atomic E-state index is -0.336. The Morgan fingerprint density at radius 2 is 1.79 bits per heavy atom. The minimum absolute atomic E-state index is 0.280. The molecule has 2 heterocycles. The molecule has 1 unspecified atom stereocenters. The van der Waals surface area contributed by atoms with E-state index in [9.17, 15) is 4.79 Å². The Bertz CT molecular complexity index is 1070. The number of carbonyl (C=O) groups is 1. The Balaban J connectivity index is 1.54. The summed E-state index contributed by atoms with van der Waals surface area (Å²) >= 11 is 1.66. The van der Waals surface area contributed by atoms with Gasteiger partial charge in [0, 0.05) is 17.8 Å². The Morgan fingerprint density at radius 1 is 1.00 bits per heavy atom. The van der Waals surface area contributed by atoms with E-state index >= 15 is 0 Å². The first-order valence-electron chi connectivity index (χ1n) is 9.54. The average molecular weight is 403 g/mol. The van der Waals surface area contributed by atoms with Crippen molar-refractivity contribution in [2.24, 2.45) is 0 Å². The van der Waals surface area contributed by atoms with E-state index in [1.807, 2.05) is 66.7 Å². The Labute approximate surface area is 173 Å². The van der Waals surface area contributed by atoms with Gasteiger partial charge in [-0.05, 0) is 35.9 Å². The summed E-state index contributed by atoms with van der Waals surface area (Å²) in [6.07, 6.45) is 1.73. The van der Waals surface area contributed by atoms with Crippen molar-refractivity contribution in [2.45, 2.75) is 25.8 Å². The molecule has 0 bridgehead atoms. The first-order valence-corrected chi connectivity index (χ1v) is 10.4. The first-order chi connectivity index (χ1) is 14.1. The van der Waals surface area contributed by atoms with Crippen molar-refractivity contribution < 1.29 is 4.79 Å².